The van der Waals surface area contributed by atoms with Crippen LogP contribution in [-0.2, 0) is 16.2 Å². The zero-order chi connectivity index (χ0) is 28.5. The number of nitrogens with one attached hydrogen (secondary N) is 1. The number of pyridine rings is 2. The Balaban J connectivity index is 1.23. The molecular formula is C27H22F3N5O4S. The van der Waals surface area contributed by atoms with Crippen LogP contribution in [0.4, 0.5) is 18.9 Å². The lowest BCUT2D eigenvalue weighted by Gasteiger charge is -2.35. The van der Waals surface area contributed by atoms with Crippen LogP contribution in [-0.4, -0.2) is 66.2 Å². The molecule has 1 N–H and O–H groups in total. The number of rotatable bonds is 5. The second-order valence-electron chi connectivity index (χ2n) is 9.00. The van der Waals surface area contributed by atoms with Crippen LogP contribution in [0.2, 0.25) is 0 Å². The first kappa shape index (κ1) is 27.1. The van der Waals surface area contributed by atoms with Gasteiger partial charge in [0.1, 0.15) is 10.6 Å². The zero-order valence-corrected chi connectivity index (χ0v) is 21.6. The summed E-state index contributed by atoms with van der Waals surface area (Å²) in [5, 5.41) is 0.675. The maximum absolute atomic E-state index is 13.3. The lowest BCUT2D eigenvalue weighted by atomic mass is 10.1. The average molecular weight is 570 g/mol. The first-order valence-corrected chi connectivity index (χ1v) is 13.6. The fraction of sp³-hybridized carbons (Fsp3) is 0.185. The van der Waals surface area contributed by atoms with E-state index in [1.807, 2.05) is 0 Å². The Morgan fingerprint density at radius 1 is 0.775 bits per heavy atom. The number of carbonyl (C=O) groups is 2. The van der Waals surface area contributed by atoms with E-state index >= 15 is 0 Å². The number of fused-ring (bicyclic) bond motifs is 1. The molecule has 1 saturated heterocycles. The second-order valence-corrected chi connectivity index (χ2v) is 10.6. The van der Waals surface area contributed by atoms with Gasteiger partial charge in [0.15, 0.2) is 0 Å². The Morgan fingerprint density at radius 2 is 1.38 bits per heavy atom. The highest BCUT2D eigenvalue weighted by atomic mass is 32.2. The van der Waals surface area contributed by atoms with E-state index in [4.69, 9.17) is 0 Å². The molecule has 3 heterocycles. The van der Waals surface area contributed by atoms with E-state index in [1.54, 1.807) is 24.3 Å². The van der Waals surface area contributed by atoms with Crippen molar-refractivity contribution in [3.8, 4) is 0 Å². The van der Waals surface area contributed by atoms with Crippen molar-refractivity contribution < 1.29 is 31.2 Å². The molecule has 1 fully saturated rings. The van der Waals surface area contributed by atoms with Crippen LogP contribution >= 0.6 is 0 Å². The molecule has 13 heteroatoms. The van der Waals surface area contributed by atoms with Gasteiger partial charge in [-0.15, -0.1) is 0 Å². The molecule has 0 aliphatic carbocycles. The van der Waals surface area contributed by atoms with Gasteiger partial charge < -0.3 is 9.80 Å². The molecule has 0 radical (unpaired) electrons. The van der Waals surface area contributed by atoms with Gasteiger partial charge in [-0.1, -0.05) is 18.2 Å². The highest BCUT2D eigenvalue weighted by Gasteiger charge is 2.37. The maximum Gasteiger partial charge on any atom is 0.418 e. The number of anilines is 1. The van der Waals surface area contributed by atoms with E-state index in [0.717, 1.165) is 18.3 Å². The molecule has 1 aliphatic heterocycles. The normalized spacial score (nSPS) is 14.3. The number of nitrogens with zero attached hydrogens (tertiary/aromatic N) is 4. The molecule has 5 rings (SSSR count). The van der Waals surface area contributed by atoms with Gasteiger partial charge in [-0.3, -0.25) is 24.3 Å². The molecule has 2 aromatic heterocycles. The van der Waals surface area contributed by atoms with Gasteiger partial charge in [-0.05, 0) is 48.5 Å². The largest absolute Gasteiger partial charge is 0.418 e. The average Bonchev–Trinajstić information content (AvgIpc) is 2.96. The number of amides is 2. The molecular weight excluding hydrogens is 547 g/mol. The third kappa shape index (κ3) is 5.45. The van der Waals surface area contributed by atoms with Crippen LogP contribution in [0.15, 0.2) is 84.0 Å². The molecule has 1 aliphatic rings. The summed E-state index contributed by atoms with van der Waals surface area (Å²) in [5.74, 6) is -1.20. The number of para-hydroxylation sites is 1. The summed E-state index contributed by atoms with van der Waals surface area (Å²) in [7, 11) is -3.96. The van der Waals surface area contributed by atoms with E-state index in [-0.39, 0.29) is 42.7 Å². The molecule has 4 aromatic rings. The summed E-state index contributed by atoms with van der Waals surface area (Å²) >= 11 is 0. The van der Waals surface area contributed by atoms with Crippen molar-refractivity contribution in [2.75, 3.05) is 30.9 Å². The lowest BCUT2D eigenvalue weighted by Crippen LogP contribution is -2.51. The van der Waals surface area contributed by atoms with Crippen LogP contribution in [0.25, 0.3) is 10.9 Å². The standard InChI is InChI=1S/C27H22F3N5O4S/c28-27(29,30)21-6-3-13-32-24(21)26(37)35-16-14-34(15-17-35)25(36)19-8-10-20(11-9-19)33-40(38,39)22-7-1-4-18-5-2-12-31-23(18)22/h1-13,33H,14-17H2. The van der Waals surface area contributed by atoms with Gasteiger partial charge in [0.2, 0.25) is 0 Å². The van der Waals surface area contributed by atoms with Gasteiger partial charge in [-0.2, -0.15) is 13.2 Å². The Hall–Kier alpha value is -4.52. The number of aromatic nitrogens is 2. The molecule has 2 aromatic carbocycles. The van der Waals surface area contributed by atoms with Crippen molar-refractivity contribution in [2.24, 2.45) is 0 Å². The van der Waals surface area contributed by atoms with E-state index in [0.29, 0.717) is 16.5 Å². The number of halogens is 3. The number of hydrogen-bond acceptors (Lipinski definition) is 6. The topological polar surface area (TPSA) is 113 Å². The SMILES string of the molecule is O=C(c1ccc(NS(=O)(=O)c2cccc3cccnc23)cc1)N1CCN(C(=O)c2ncccc2C(F)(F)F)CC1. The molecule has 0 unspecified atom stereocenters. The first-order valence-electron chi connectivity index (χ1n) is 12.1. The highest BCUT2D eigenvalue weighted by molar-refractivity contribution is 7.93. The summed E-state index contributed by atoms with van der Waals surface area (Å²) in [6.07, 6.45) is -2.08. The molecule has 40 heavy (non-hydrogen) atoms. The number of carbonyl (C=O) groups excluding carboxylic acids is 2. The van der Waals surface area contributed by atoms with Gasteiger partial charge >= 0.3 is 6.18 Å². The quantitative estimate of drug-likeness (QED) is 0.388. The Morgan fingerprint density at radius 3 is 2.05 bits per heavy atom. The Kier molecular flexibility index (Phi) is 7.15. The summed E-state index contributed by atoms with van der Waals surface area (Å²) in [5.41, 5.74) is -0.910. The van der Waals surface area contributed by atoms with Gasteiger partial charge in [-0.25, -0.2) is 8.42 Å². The predicted octanol–water partition coefficient (Wildman–Crippen LogP) is 4.05. The summed E-state index contributed by atoms with van der Waals surface area (Å²) in [6.45, 7) is 0.299. The summed E-state index contributed by atoms with van der Waals surface area (Å²) < 4.78 is 68.4. The van der Waals surface area contributed by atoms with E-state index in [1.165, 1.54) is 46.3 Å². The molecule has 0 saturated carbocycles. The number of hydrogen-bond donors (Lipinski definition) is 1. The van der Waals surface area contributed by atoms with Crippen LogP contribution < -0.4 is 4.72 Å². The number of benzene rings is 2. The minimum absolute atomic E-state index is 0.0197. The Labute approximate surface area is 227 Å². The molecule has 0 bridgehead atoms. The summed E-state index contributed by atoms with van der Waals surface area (Å²) in [6, 6.07) is 16.1. The minimum atomic E-state index is -4.72. The molecule has 0 atom stereocenters. The zero-order valence-electron chi connectivity index (χ0n) is 20.8. The third-order valence-corrected chi connectivity index (χ3v) is 7.85. The predicted molar refractivity (Wildman–Crippen MR) is 140 cm³/mol. The fourth-order valence-corrected chi connectivity index (χ4v) is 5.67. The highest BCUT2D eigenvalue weighted by Crippen LogP contribution is 2.31. The smallest absolute Gasteiger partial charge is 0.335 e. The van der Waals surface area contributed by atoms with Crippen LogP contribution in [0.1, 0.15) is 26.4 Å². The van der Waals surface area contributed by atoms with Gasteiger partial charge in [0, 0.05) is 55.2 Å². The van der Waals surface area contributed by atoms with E-state index in [9.17, 15) is 31.2 Å². The van der Waals surface area contributed by atoms with Crippen molar-refractivity contribution >= 4 is 38.4 Å². The number of alkyl halides is 3. The molecule has 9 nitrogen and oxygen atoms in total. The number of piperazine rings is 1. The van der Waals surface area contributed by atoms with Crippen molar-refractivity contribution in [3.05, 3.63) is 95.9 Å². The van der Waals surface area contributed by atoms with E-state index in [2.05, 4.69) is 14.7 Å². The number of sulfonamides is 1. The van der Waals surface area contributed by atoms with Crippen LogP contribution in [0.5, 0.6) is 0 Å². The monoisotopic (exact) mass is 569 g/mol. The maximum atomic E-state index is 13.3. The van der Waals surface area contributed by atoms with Crippen molar-refractivity contribution in [1.82, 2.24) is 19.8 Å². The lowest BCUT2D eigenvalue weighted by molar-refractivity contribution is -0.138. The van der Waals surface area contributed by atoms with E-state index < -0.39 is 33.4 Å². The van der Waals surface area contributed by atoms with Crippen molar-refractivity contribution in [1.29, 1.82) is 0 Å². The van der Waals surface area contributed by atoms with Crippen molar-refractivity contribution in [3.63, 3.8) is 0 Å². The summed E-state index contributed by atoms with van der Waals surface area (Å²) in [4.78, 5) is 36.3. The molecule has 0 spiro atoms. The molecule has 2 amide bonds. The van der Waals surface area contributed by atoms with Crippen LogP contribution in [0, 0.1) is 0 Å². The first-order chi connectivity index (χ1) is 19.0. The van der Waals surface area contributed by atoms with Gasteiger partial charge in [0.05, 0.1) is 11.1 Å². The van der Waals surface area contributed by atoms with Gasteiger partial charge in [0.25, 0.3) is 21.8 Å². The second kappa shape index (κ2) is 10.6. The van der Waals surface area contributed by atoms with Crippen molar-refractivity contribution in [2.45, 2.75) is 11.1 Å². The fourth-order valence-electron chi connectivity index (χ4n) is 4.43. The molecule has 206 valence electrons. The minimum Gasteiger partial charge on any atom is -0.335 e. The van der Waals surface area contributed by atoms with Crippen LogP contribution in [0.3, 0.4) is 0 Å². The Bertz CT molecular complexity index is 1680. The third-order valence-electron chi connectivity index (χ3n) is 6.44.